The fraction of sp³-hybridized carbons (Fsp3) is 0.188. The molecule has 0 unspecified atom stereocenters. The summed E-state index contributed by atoms with van der Waals surface area (Å²) in [5, 5.41) is 8.85. The fourth-order valence-corrected chi connectivity index (χ4v) is 2.99. The van der Waals surface area contributed by atoms with Crippen LogP contribution in [0.25, 0.3) is 11.4 Å². The van der Waals surface area contributed by atoms with E-state index in [1.165, 1.54) is 23.5 Å². The number of nitrogens with zero attached hydrogens (tertiary/aromatic N) is 3. The van der Waals surface area contributed by atoms with Gasteiger partial charge in [0.1, 0.15) is 5.76 Å². The third-order valence-electron chi connectivity index (χ3n) is 3.51. The number of carbonyl (C=O) groups excluding carboxylic acids is 1. The van der Waals surface area contributed by atoms with E-state index in [4.69, 9.17) is 10.3 Å². The first-order chi connectivity index (χ1) is 11.6. The Morgan fingerprint density at radius 1 is 1.29 bits per heavy atom. The number of methoxy groups -OCH3 is 1. The third-order valence-corrected chi connectivity index (χ3v) is 4.52. The van der Waals surface area contributed by atoms with Crippen LogP contribution in [0.3, 0.4) is 0 Å². The first-order valence-electron chi connectivity index (χ1n) is 7.15. The number of nitrogens with two attached hydrogens (primary N) is 1. The lowest BCUT2D eigenvalue weighted by atomic mass is 10.1. The van der Waals surface area contributed by atoms with Crippen molar-refractivity contribution in [3.05, 3.63) is 53.5 Å². The maximum Gasteiger partial charge on any atom is 0.337 e. The van der Waals surface area contributed by atoms with Crippen LogP contribution in [0.2, 0.25) is 0 Å². The molecule has 0 atom stereocenters. The van der Waals surface area contributed by atoms with Crippen LogP contribution in [0.5, 0.6) is 0 Å². The van der Waals surface area contributed by atoms with Gasteiger partial charge in [0.25, 0.3) is 0 Å². The van der Waals surface area contributed by atoms with Crippen molar-refractivity contribution in [3.8, 4) is 11.4 Å². The van der Waals surface area contributed by atoms with Gasteiger partial charge in [0.05, 0.1) is 24.5 Å². The highest BCUT2D eigenvalue weighted by Crippen LogP contribution is 2.26. The summed E-state index contributed by atoms with van der Waals surface area (Å²) in [4.78, 5) is 11.4. The lowest BCUT2D eigenvalue weighted by molar-refractivity contribution is 0.0600. The minimum absolute atomic E-state index is 0.351. The summed E-state index contributed by atoms with van der Waals surface area (Å²) in [5.74, 6) is 7.68. The van der Waals surface area contributed by atoms with E-state index < -0.39 is 0 Å². The number of thioether (sulfide) groups is 1. The van der Waals surface area contributed by atoms with Gasteiger partial charge in [-0.05, 0) is 30.7 Å². The molecule has 3 rings (SSSR count). The van der Waals surface area contributed by atoms with Gasteiger partial charge in [-0.15, -0.1) is 10.2 Å². The van der Waals surface area contributed by atoms with Gasteiger partial charge in [-0.3, -0.25) is 0 Å². The second-order valence-electron chi connectivity index (χ2n) is 5.04. The van der Waals surface area contributed by atoms with Crippen molar-refractivity contribution in [2.24, 2.45) is 0 Å². The molecule has 0 bridgehead atoms. The van der Waals surface area contributed by atoms with E-state index in [0.29, 0.717) is 22.3 Å². The molecule has 0 aliphatic heterocycles. The number of furan rings is 1. The Kier molecular flexibility index (Phi) is 4.57. The molecular formula is C16H16N4O3S. The zero-order valence-corrected chi connectivity index (χ0v) is 14.0. The molecule has 8 heteroatoms. The average molecular weight is 344 g/mol. The highest BCUT2D eigenvalue weighted by atomic mass is 32.2. The summed E-state index contributed by atoms with van der Waals surface area (Å²) in [6, 6.07) is 9.02. The van der Waals surface area contributed by atoms with E-state index >= 15 is 0 Å². The Bertz CT molecular complexity index is 855. The van der Waals surface area contributed by atoms with Crippen molar-refractivity contribution < 1.29 is 13.9 Å². The zero-order valence-electron chi connectivity index (χ0n) is 13.2. The van der Waals surface area contributed by atoms with Crippen molar-refractivity contribution >= 4 is 17.7 Å². The average Bonchev–Trinajstić information content (AvgIpc) is 3.18. The van der Waals surface area contributed by atoms with Crippen LogP contribution in [-0.4, -0.2) is 28.0 Å². The Hall–Kier alpha value is -2.74. The highest BCUT2D eigenvalue weighted by molar-refractivity contribution is 7.98. The van der Waals surface area contributed by atoms with Gasteiger partial charge in [-0.25, -0.2) is 9.47 Å². The number of hydrogen-bond acceptors (Lipinski definition) is 7. The Morgan fingerprint density at radius 2 is 2.04 bits per heavy atom. The van der Waals surface area contributed by atoms with Crippen LogP contribution in [0, 0.1) is 6.92 Å². The number of aromatic nitrogens is 3. The monoisotopic (exact) mass is 344 g/mol. The second kappa shape index (κ2) is 6.79. The molecule has 0 saturated heterocycles. The van der Waals surface area contributed by atoms with Crippen molar-refractivity contribution in [1.82, 2.24) is 14.9 Å². The van der Waals surface area contributed by atoms with Crippen LogP contribution in [0.4, 0.5) is 0 Å². The quantitative estimate of drug-likeness (QED) is 0.432. The maximum absolute atomic E-state index is 11.4. The Labute approximate surface area is 142 Å². The Balaban J connectivity index is 1.70. The summed E-state index contributed by atoms with van der Waals surface area (Å²) in [6.07, 6.45) is 1.59. The molecule has 7 nitrogen and oxygen atoms in total. The summed E-state index contributed by atoms with van der Waals surface area (Å²) in [5.41, 5.74) is 2.38. The molecule has 0 amide bonds. The van der Waals surface area contributed by atoms with Gasteiger partial charge >= 0.3 is 5.97 Å². The summed E-state index contributed by atoms with van der Waals surface area (Å²) < 4.78 is 11.4. The summed E-state index contributed by atoms with van der Waals surface area (Å²) >= 11 is 1.46. The van der Waals surface area contributed by atoms with Crippen molar-refractivity contribution in [2.75, 3.05) is 13.0 Å². The molecule has 24 heavy (non-hydrogen) atoms. The van der Waals surface area contributed by atoms with Gasteiger partial charge in [-0.2, -0.15) is 0 Å². The van der Waals surface area contributed by atoms with Gasteiger partial charge in [0, 0.05) is 5.75 Å². The van der Waals surface area contributed by atoms with Gasteiger partial charge < -0.3 is 15.0 Å². The minimum Gasteiger partial charge on any atom is -0.469 e. The number of esters is 1. The number of hydrogen-bond donors (Lipinski definition) is 1. The number of nitrogen functional groups attached to an aromatic ring is 1. The molecular weight excluding hydrogens is 328 g/mol. The molecule has 1 aromatic carbocycles. The largest absolute Gasteiger partial charge is 0.469 e. The lowest BCUT2D eigenvalue weighted by Gasteiger charge is -2.04. The normalized spacial score (nSPS) is 10.8. The Morgan fingerprint density at radius 3 is 2.67 bits per heavy atom. The molecule has 0 spiro atoms. The molecule has 2 N–H and O–H groups in total. The van der Waals surface area contributed by atoms with Crippen molar-refractivity contribution in [1.29, 1.82) is 0 Å². The van der Waals surface area contributed by atoms with E-state index in [-0.39, 0.29) is 5.97 Å². The van der Waals surface area contributed by atoms with E-state index in [1.807, 2.05) is 25.1 Å². The third kappa shape index (κ3) is 3.13. The van der Waals surface area contributed by atoms with Gasteiger partial charge in [-0.1, -0.05) is 23.9 Å². The van der Waals surface area contributed by atoms with Crippen LogP contribution in [0.15, 0.2) is 46.2 Å². The fourth-order valence-electron chi connectivity index (χ4n) is 2.18. The van der Waals surface area contributed by atoms with E-state index in [0.717, 1.165) is 16.9 Å². The van der Waals surface area contributed by atoms with Crippen LogP contribution in [-0.2, 0) is 10.5 Å². The number of ether oxygens (including phenoxy) is 1. The molecule has 2 aromatic heterocycles. The van der Waals surface area contributed by atoms with Crippen LogP contribution in [0.1, 0.15) is 21.7 Å². The molecule has 0 aliphatic rings. The van der Waals surface area contributed by atoms with E-state index in [9.17, 15) is 4.79 Å². The van der Waals surface area contributed by atoms with Crippen molar-refractivity contribution in [3.63, 3.8) is 0 Å². The number of rotatable bonds is 5. The van der Waals surface area contributed by atoms with E-state index in [2.05, 4.69) is 14.9 Å². The summed E-state index contributed by atoms with van der Waals surface area (Å²) in [7, 11) is 1.36. The first kappa shape index (κ1) is 16.1. The SMILES string of the molecule is COC(=O)c1ccc(CSc2nnc(-c3ccoc3C)n2N)cc1. The molecule has 124 valence electrons. The molecule has 0 fully saturated rings. The molecule has 2 heterocycles. The highest BCUT2D eigenvalue weighted by Gasteiger charge is 2.15. The lowest BCUT2D eigenvalue weighted by Crippen LogP contribution is -2.11. The standard InChI is InChI=1S/C16H16N4O3S/c1-10-13(7-8-23-10)14-18-19-16(20(14)17)24-9-11-3-5-12(6-4-11)15(21)22-2/h3-8H,9,17H2,1-2H3. The smallest absolute Gasteiger partial charge is 0.337 e. The van der Waals surface area contributed by atoms with Crippen LogP contribution >= 0.6 is 11.8 Å². The van der Waals surface area contributed by atoms with E-state index in [1.54, 1.807) is 18.4 Å². The van der Waals surface area contributed by atoms with Crippen LogP contribution < -0.4 is 5.84 Å². The maximum atomic E-state index is 11.4. The van der Waals surface area contributed by atoms with Gasteiger partial charge in [0.15, 0.2) is 5.82 Å². The predicted molar refractivity (Wildman–Crippen MR) is 90.0 cm³/mol. The second-order valence-corrected chi connectivity index (χ2v) is 5.99. The number of benzene rings is 1. The van der Waals surface area contributed by atoms with Gasteiger partial charge in [0.2, 0.25) is 5.16 Å². The predicted octanol–water partition coefficient (Wildman–Crippen LogP) is 2.64. The molecule has 0 radical (unpaired) electrons. The number of aryl methyl sites for hydroxylation is 1. The summed E-state index contributed by atoms with van der Waals surface area (Å²) in [6.45, 7) is 1.85. The molecule has 0 saturated carbocycles. The van der Waals surface area contributed by atoms with Crippen molar-refractivity contribution in [2.45, 2.75) is 17.8 Å². The first-order valence-corrected chi connectivity index (χ1v) is 8.13. The topological polar surface area (TPSA) is 96.2 Å². The zero-order chi connectivity index (χ0) is 17.1. The molecule has 0 aliphatic carbocycles. The minimum atomic E-state index is -0.351. The molecule has 3 aromatic rings. The number of carbonyl (C=O) groups is 1.